The van der Waals surface area contributed by atoms with E-state index in [2.05, 4.69) is 11.0 Å². The fourth-order valence-corrected chi connectivity index (χ4v) is 5.99. The summed E-state index contributed by atoms with van der Waals surface area (Å²) >= 11 is 12.1. The predicted molar refractivity (Wildman–Crippen MR) is 114 cm³/mol. The van der Waals surface area contributed by atoms with Crippen LogP contribution in [0.15, 0.2) is 41.3 Å². The Morgan fingerprint density at radius 3 is 2.62 bits per heavy atom. The minimum absolute atomic E-state index is 0.00584. The van der Waals surface area contributed by atoms with Gasteiger partial charge in [-0.15, -0.1) is 0 Å². The molecule has 2 aromatic carbocycles. The third-order valence-electron chi connectivity index (χ3n) is 5.40. The lowest BCUT2D eigenvalue weighted by Gasteiger charge is -2.25. The highest BCUT2D eigenvalue weighted by molar-refractivity contribution is 7.91. The van der Waals surface area contributed by atoms with Crippen molar-refractivity contribution in [3.8, 4) is 11.5 Å². The van der Waals surface area contributed by atoms with Crippen molar-refractivity contribution in [2.75, 3.05) is 32.1 Å². The molecule has 1 fully saturated rings. The number of sulfone groups is 1. The Labute approximate surface area is 181 Å². The number of ether oxygens (including phenoxy) is 2. The standard InChI is InChI=1S/C21H23Cl2NO4S/c22-16-5-6-17(23)21(14-16)29(25,26)12-9-24-8-1-3-18(24)15-4-7-19-20(13-15)28-11-2-10-27-19/h4-7,13-14,18H,1-3,8-12H2. The molecule has 4 rings (SSSR count). The van der Waals surface area contributed by atoms with E-state index in [4.69, 9.17) is 32.7 Å². The van der Waals surface area contributed by atoms with Gasteiger partial charge in [-0.05, 0) is 55.3 Å². The summed E-state index contributed by atoms with van der Waals surface area (Å²) in [5, 5.41) is 0.564. The SMILES string of the molecule is O=S(=O)(CCN1CCCC1c1ccc2c(c1)OCCCO2)c1cc(Cl)ccc1Cl. The Hall–Kier alpha value is -1.47. The van der Waals surface area contributed by atoms with E-state index in [0.29, 0.717) is 24.8 Å². The van der Waals surface area contributed by atoms with Crippen LogP contribution < -0.4 is 9.47 Å². The zero-order valence-electron chi connectivity index (χ0n) is 15.9. The van der Waals surface area contributed by atoms with Crippen LogP contribution in [0.3, 0.4) is 0 Å². The number of benzene rings is 2. The van der Waals surface area contributed by atoms with Crippen LogP contribution in [0.5, 0.6) is 11.5 Å². The lowest BCUT2D eigenvalue weighted by atomic mass is 10.0. The summed E-state index contributed by atoms with van der Waals surface area (Å²) in [4.78, 5) is 2.31. The molecule has 1 unspecified atom stereocenters. The van der Waals surface area contributed by atoms with Crippen LogP contribution in [-0.4, -0.2) is 45.4 Å². The van der Waals surface area contributed by atoms with Crippen molar-refractivity contribution in [1.29, 1.82) is 0 Å². The Kier molecular flexibility index (Phi) is 6.25. The summed E-state index contributed by atoms with van der Waals surface area (Å²) in [7, 11) is -3.53. The van der Waals surface area contributed by atoms with Crippen LogP contribution in [-0.2, 0) is 9.84 Å². The number of hydrogen-bond acceptors (Lipinski definition) is 5. The summed E-state index contributed by atoms with van der Waals surface area (Å²) in [5.41, 5.74) is 1.13. The van der Waals surface area contributed by atoms with Crippen LogP contribution in [0.2, 0.25) is 10.0 Å². The van der Waals surface area contributed by atoms with Crippen LogP contribution in [0.4, 0.5) is 0 Å². The molecule has 0 radical (unpaired) electrons. The molecule has 0 N–H and O–H groups in total. The molecule has 29 heavy (non-hydrogen) atoms. The molecule has 0 amide bonds. The summed E-state index contributed by atoms with van der Waals surface area (Å²) < 4.78 is 37.2. The van der Waals surface area contributed by atoms with Crippen LogP contribution in [0, 0.1) is 0 Å². The van der Waals surface area contributed by atoms with Gasteiger partial charge in [-0.1, -0.05) is 29.3 Å². The van der Waals surface area contributed by atoms with E-state index < -0.39 is 9.84 Å². The lowest BCUT2D eigenvalue weighted by Crippen LogP contribution is -2.29. The van der Waals surface area contributed by atoms with Crippen molar-refractivity contribution in [2.45, 2.75) is 30.2 Å². The fraction of sp³-hybridized carbons (Fsp3) is 0.429. The van der Waals surface area contributed by atoms with E-state index in [1.165, 1.54) is 12.1 Å². The van der Waals surface area contributed by atoms with Gasteiger partial charge in [-0.25, -0.2) is 8.42 Å². The van der Waals surface area contributed by atoms with E-state index in [1.54, 1.807) is 6.07 Å². The first-order valence-electron chi connectivity index (χ1n) is 9.75. The average Bonchev–Trinajstić information content (AvgIpc) is 3.05. The molecule has 5 nitrogen and oxygen atoms in total. The van der Waals surface area contributed by atoms with Gasteiger partial charge in [0.25, 0.3) is 0 Å². The van der Waals surface area contributed by atoms with Gasteiger partial charge in [-0.3, -0.25) is 4.90 Å². The van der Waals surface area contributed by atoms with Crippen LogP contribution in [0.1, 0.15) is 30.9 Å². The molecule has 2 aromatic rings. The maximum absolute atomic E-state index is 12.8. The van der Waals surface area contributed by atoms with Gasteiger partial charge in [0.1, 0.15) is 0 Å². The van der Waals surface area contributed by atoms with Crippen molar-refractivity contribution in [1.82, 2.24) is 4.90 Å². The van der Waals surface area contributed by atoms with E-state index >= 15 is 0 Å². The number of nitrogens with zero attached hydrogens (tertiary/aromatic N) is 1. The van der Waals surface area contributed by atoms with E-state index in [9.17, 15) is 8.42 Å². The minimum atomic E-state index is -3.53. The monoisotopic (exact) mass is 455 g/mol. The maximum Gasteiger partial charge on any atom is 0.181 e. The molecule has 2 aliphatic rings. The predicted octanol–water partition coefficient (Wildman–Crippen LogP) is 4.77. The zero-order valence-corrected chi connectivity index (χ0v) is 18.3. The Balaban J connectivity index is 1.49. The average molecular weight is 456 g/mol. The van der Waals surface area contributed by atoms with Crippen molar-refractivity contribution >= 4 is 33.0 Å². The van der Waals surface area contributed by atoms with Gasteiger partial charge in [-0.2, -0.15) is 0 Å². The second-order valence-electron chi connectivity index (χ2n) is 7.34. The summed E-state index contributed by atoms with van der Waals surface area (Å²) in [5.74, 6) is 1.54. The number of halogens is 2. The van der Waals surface area contributed by atoms with Gasteiger partial charge in [0.05, 0.1) is 28.9 Å². The molecule has 0 saturated carbocycles. The smallest absolute Gasteiger partial charge is 0.181 e. The second kappa shape index (κ2) is 8.72. The second-order valence-corrected chi connectivity index (χ2v) is 10.3. The quantitative estimate of drug-likeness (QED) is 0.649. The highest BCUT2D eigenvalue weighted by Crippen LogP contribution is 2.38. The molecule has 1 atom stereocenters. The van der Waals surface area contributed by atoms with Crippen molar-refractivity contribution < 1.29 is 17.9 Å². The first kappa shape index (κ1) is 20.8. The molecule has 0 aromatic heterocycles. The highest BCUT2D eigenvalue weighted by atomic mass is 35.5. The number of likely N-dealkylation sites (tertiary alicyclic amines) is 1. The van der Waals surface area contributed by atoms with Crippen molar-refractivity contribution in [2.24, 2.45) is 0 Å². The van der Waals surface area contributed by atoms with Crippen LogP contribution >= 0.6 is 23.2 Å². The van der Waals surface area contributed by atoms with Gasteiger partial charge >= 0.3 is 0 Å². The third kappa shape index (κ3) is 4.66. The molecular formula is C21H23Cl2NO4S. The molecule has 0 spiro atoms. The largest absolute Gasteiger partial charge is 0.490 e. The van der Waals surface area contributed by atoms with Gasteiger partial charge in [0.15, 0.2) is 21.3 Å². The Morgan fingerprint density at radius 1 is 1.00 bits per heavy atom. The van der Waals surface area contributed by atoms with Crippen molar-refractivity contribution in [3.05, 3.63) is 52.0 Å². The molecule has 2 heterocycles. The highest BCUT2D eigenvalue weighted by Gasteiger charge is 2.29. The number of fused-ring (bicyclic) bond motifs is 1. The zero-order chi connectivity index (χ0) is 20.4. The molecule has 0 bridgehead atoms. The molecule has 2 aliphatic heterocycles. The number of hydrogen-bond donors (Lipinski definition) is 0. The summed E-state index contributed by atoms with van der Waals surface area (Å²) in [6, 6.07) is 10.7. The Bertz CT molecular complexity index is 996. The van der Waals surface area contributed by atoms with E-state index in [1.807, 2.05) is 12.1 Å². The molecular weight excluding hydrogens is 433 g/mol. The molecule has 8 heteroatoms. The van der Waals surface area contributed by atoms with Gasteiger partial charge in [0, 0.05) is 24.0 Å². The fourth-order valence-electron chi connectivity index (χ4n) is 3.92. The summed E-state index contributed by atoms with van der Waals surface area (Å²) in [6.07, 6.45) is 2.87. The van der Waals surface area contributed by atoms with Gasteiger partial charge < -0.3 is 9.47 Å². The third-order valence-corrected chi connectivity index (χ3v) is 7.80. The molecule has 0 aliphatic carbocycles. The normalized spacial score (nSPS) is 19.9. The topological polar surface area (TPSA) is 55.8 Å². The maximum atomic E-state index is 12.8. The van der Waals surface area contributed by atoms with E-state index in [-0.39, 0.29) is 21.7 Å². The van der Waals surface area contributed by atoms with E-state index in [0.717, 1.165) is 42.9 Å². The minimum Gasteiger partial charge on any atom is -0.490 e. The van der Waals surface area contributed by atoms with Crippen LogP contribution in [0.25, 0.3) is 0 Å². The number of rotatable bonds is 5. The van der Waals surface area contributed by atoms with Gasteiger partial charge in [0.2, 0.25) is 0 Å². The lowest BCUT2D eigenvalue weighted by molar-refractivity contribution is 0.270. The molecule has 156 valence electrons. The first-order valence-corrected chi connectivity index (χ1v) is 12.2. The van der Waals surface area contributed by atoms with Crippen molar-refractivity contribution in [3.63, 3.8) is 0 Å². The Morgan fingerprint density at radius 2 is 1.79 bits per heavy atom. The summed E-state index contributed by atoms with van der Waals surface area (Å²) in [6.45, 7) is 2.59. The molecule has 1 saturated heterocycles. The first-order chi connectivity index (χ1) is 13.9.